The van der Waals surface area contributed by atoms with Crippen molar-refractivity contribution in [1.82, 2.24) is 14.4 Å². The maximum absolute atomic E-state index is 12.9. The molecule has 0 bridgehead atoms. The maximum Gasteiger partial charge on any atom is 0.229 e. The maximum atomic E-state index is 12.9. The van der Waals surface area contributed by atoms with Crippen molar-refractivity contribution in [3.8, 4) is 0 Å². The summed E-state index contributed by atoms with van der Waals surface area (Å²) in [7, 11) is 0. The number of nitrogens with zero attached hydrogens (tertiary/aromatic N) is 4. The Hall–Kier alpha value is -3.41. The van der Waals surface area contributed by atoms with Crippen LogP contribution >= 0.6 is 0 Å². The molecule has 4 aromatic rings. The van der Waals surface area contributed by atoms with Crippen molar-refractivity contribution >= 4 is 34.1 Å². The summed E-state index contributed by atoms with van der Waals surface area (Å²) < 4.78 is 2.13. The largest absolute Gasteiger partial charge is 0.354 e. The minimum Gasteiger partial charge on any atom is -0.354 e. The fourth-order valence-corrected chi connectivity index (χ4v) is 4.16. The van der Waals surface area contributed by atoms with Crippen molar-refractivity contribution in [3.05, 3.63) is 66.5 Å². The van der Waals surface area contributed by atoms with E-state index < -0.39 is 0 Å². The number of fused-ring (bicyclic) bond motifs is 3. The van der Waals surface area contributed by atoms with Crippen molar-refractivity contribution in [1.29, 1.82) is 0 Å². The molecule has 1 atom stereocenters. The number of aryl methyl sites for hydroxylation is 1. The second kappa shape index (κ2) is 7.20. The molecule has 6 nitrogen and oxygen atoms in total. The van der Waals surface area contributed by atoms with Gasteiger partial charge in [0.25, 0.3) is 0 Å². The van der Waals surface area contributed by atoms with E-state index >= 15 is 0 Å². The lowest BCUT2D eigenvalue weighted by atomic mass is 9.96. The zero-order valence-corrected chi connectivity index (χ0v) is 16.4. The summed E-state index contributed by atoms with van der Waals surface area (Å²) in [6.45, 7) is 3.56. The highest BCUT2D eigenvalue weighted by Crippen LogP contribution is 2.29. The summed E-state index contributed by atoms with van der Waals surface area (Å²) in [4.78, 5) is 24.5. The van der Waals surface area contributed by atoms with Gasteiger partial charge >= 0.3 is 0 Å². The first-order valence-corrected chi connectivity index (χ1v) is 10.0. The van der Waals surface area contributed by atoms with Gasteiger partial charge in [-0.2, -0.15) is 0 Å². The van der Waals surface area contributed by atoms with Crippen LogP contribution in [-0.4, -0.2) is 33.4 Å². The minimum atomic E-state index is -0.0698. The third-order valence-electron chi connectivity index (χ3n) is 5.71. The van der Waals surface area contributed by atoms with Gasteiger partial charge < -0.3 is 14.6 Å². The standard InChI is InChI=1S/C23H23N5O/c1-16-7-2-3-9-18(16)25-23(29)17-8-5-13-27(15-17)22-20-11-6-14-28(20)19-10-4-12-24-21(19)26-22/h2-4,6-7,9-12,14,17H,5,8,13,15H2,1H3,(H,25,29). The summed E-state index contributed by atoms with van der Waals surface area (Å²) in [5.74, 6) is 0.906. The first-order valence-electron chi connectivity index (χ1n) is 10.0. The molecule has 0 spiro atoms. The van der Waals surface area contributed by atoms with Gasteiger partial charge in [0, 0.05) is 31.2 Å². The van der Waals surface area contributed by atoms with E-state index in [9.17, 15) is 4.79 Å². The zero-order chi connectivity index (χ0) is 19.8. The Bertz CT molecular complexity index is 1200. The lowest BCUT2D eigenvalue weighted by Gasteiger charge is -2.33. The van der Waals surface area contributed by atoms with E-state index in [1.807, 2.05) is 55.6 Å². The van der Waals surface area contributed by atoms with E-state index in [4.69, 9.17) is 4.98 Å². The molecule has 1 aromatic carbocycles. The molecule has 3 aromatic heterocycles. The molecule has 4 heterocycles. The van der Waals surface area contributed by atoms with Crippen LogP contribution in [0.15, 0.2) is 60.9 Å². The van der Waals surface area contributed by atoms with Crippen LogP contribution in [0.3, 0.4) is 0 Å². The van der Waals surface area contributed by atoms with Gasteiger partial charge in [-0.05, 0) is 55.7 Å². The second-order valence-corrected chi connectivity index (χ2v) is 7.63. The van der Waals surface area contributed by atoms with Crippen LogP contribution in [0.25, 0.3) is 16.7 Å². The molecule has 29 heavy (non-hydrogen) atoms. The predicted molar refractivity (Wildman–Crippen MR) is 115 cm³/mol. The molecule has 1 N–H and O–H groups in total. The van der Waals surface area contributed by atoms with E-state index in [1.165, 1.54) is 0 Å². The number of pyridine rings is 1. The molecule has 1 unspecified atom stereocenters. The van der Waals surface area contributed by atoms with Crippen molar-refractivity contribution in [2.24, 2.45) is 5.92 Å². The van der Waals surface area contributed by atoms with Gasteiger partial charge in [-0.25, -0.2) is 9.97 Å². The number of carbonyl (C=O) groups is 1. The average Bonchev–Trinajstić information content (AvgIpc) is 3.25. The van der Waals surface area contributed by atoms with Gasteiger partial charge in [0.1, 0.15) is 0 Å². The van der Waals surface area contributed by atoms with Gasteiger partial charge in [-0.1, -0.05) is 18.2 Å². The summed E-state index contributed by atoms with van der Waals surface area (Å²) >= 11 is 0. The summed E-state index contributed by atoms with van der Waals surface area (Å²) in [5.41, 5.74) is 4.72. The molecule has 1 saturated heterocycles. The smallest absolute Gasteiger partial charge is 0.229 e. The van der Waals surface area contributed by atoms with E-state index in [1.54, 1.807) is 6.20 Å². The van der Waals surface area contributed by atoms with Crippen molar-refractivity contribution in [3.63, 3.8) is 0 Å². The Labute approximate surface area is 169 Å². The van der Waals surface area contributed by atoms with Gasteiger partial charge in [0.15, 0.2) is 11.5 Å². The Morgan fingerprint density at radius 2 is 1.97 bits per heavy atom. The van der Waals surface area contributed by atoms with Crippen LogP contribution in [0.4, 0.5) is 11.5 Å². The number of hydrogen-bond donors (Lipinski definition) is 1. The molecule has 1 aliphatic heterocycles. The molecular weight excluding hydrogens is 362 g/mol. The van der Waals surface area contributed by atoms with E-state index in [0.717, 1.165) is 53.1 Å². The number of rotatable bonds is 3. The van der Waals surface area contributed by atoms with Crippen LogP contribution in [0, 0.1) is 12.8 Å². The zero-order valence-electron chi connectivity index (χ0n) is 16.4. The highest BCUT2D eigenvalue weighted by molar-refractivity contribution is 5.94. The summed E-state index contributed by atoms with van der Waals surface area (Å²) in [6.07, 6.45) is 5.65. The average molecular weight is 385 g/mol. The number of piperidine rings is 1. The number of benzene rings is 1. The molecule has 1 aliphatic rings. The van der Waals surface area contributed by atoms with E-state index in [0.29, 0.717) is 6.54 Å². The van der Waals surface area contributed by atoms with Gasteiger partial charge in [0.2, 0.25) is 5.91 Å². The molecular formula is C23H23N5O. The molecule has 146 valence electrons. The number of para-hydroxylation sites is 1. The fourth-order valence-electron chi connectivity index (χ4n) is 4.16. The normalized spacial score (nSPS) is 17.0. The lowest BCUT2D eigenvalue weighted by Crippen LogP contribution is -2.41. The number of amides is 1. The Morgan fingerprint density at radius 1 is 1.10 bits per heavy atom. The van der Waals surface area contributed by atoms with Crippen LogP contribution in [-0.2, 0) is 4.79 Å². The summed E-state index contributed by atoms with van der Waals surface area (Å²) in [6, 6.07) is 16.0. The molecule has 0 aliphatic carbocycles. The van der Waals surface area contributed by atoms with Crippen molar-refractivity contribution in [2.45, 2.75) is 19.8 Å². The number of carbonyl (C=O) groups excluding carboxylic acids is 1. The number of anilines is 2. The van der Waals surface area contributed by atoms with Crippen LogP contribution in [0.5, 0.6) is 0 Å². The molecule has 1 fully saturated rings. The molecule has 6 heteroatoms. The fraction of sp³-hybridized carbons (Fsp3) is 0.261. The van der Waals surface area contributed by atoms with Crippen LogP contribution in [0.1, 0.15) is 18.4 Å². The minimum absolute atomic E-state index is 0.0698. The van der Waals surface area contributed by atoms with Gasteiger partial charge in [0.05, 0.1) is 17.0 Å². The van der Waals surface area contributed by atoms with Crippen LogP contribution < -0.4 is 10.2 Å². The quantitative estimate of drug-likeness (QED) is 0.578. The SMILES string of the molecule is Cc1ccccc1NC(=O)C1CCCN(c2nc3ncccc3n3cccc23)C1. The first kappa shape index (κ1) is 17.7. The third kappa shape index (κ3) is 3.20. The summed E-state index contributed by atoms with van der Waals surface area (Å²) in [5, 5.41) is 3.11. The highest BCUT2D eigenvalue weighted by atomic mass is 16.1. The second-order valence-electron chi connectivity index (χ2n) is 7.63. The highest BCUT2D eigenvalue weighted by Gasteiger charge is 2.28. The third-order valence-corrected chi connectivity index (χ3v) is 5.71. The molecule has 0 radical (unpaired) electrons. The predicted octanol–water partition coefficient (Wildman–Crippen LogP) is 4.05. The van der Waals surface area contributed by atoms with Crippen molar-refractivity contribution in [2.75, 3.05) is 23.3 Å². The molecule has 5 rings (SSSR count). The topological polar surface area (TPSA) is 62.5 Å². The lowest BCUT2D eigenvalue weighted by molar-refractivity contribution is -0.120. The van der Waals surface area contributed by atoms with Crippen molar-refractivity contribution < 1.29 is 4.79 Å². The molecule has 1 amide bonds. The number of aromatic nitrogens is 3. The molecule has 0 saturated carbocycles. The first-order chi connectivity index (χ1) is 14.2. The number of nitrogens with one attached hydrogen (secondary N) is 1. The monoisotopic (exact) mass is 385 g/mol. The van der Waals surface area contributed by atoms with Crippen LogP contribution in [0.2, 0.25) is 0 Å². The van der Waals surface area contributed by atoms with E-state index in [-0.39, 0.29) is 11.8 Å². The number of hydrogen-bond acceptors (Lipinski definition) is 4. The van der Waals surface area contributed by atoms with Gasteiger partial charge in [-0.15, -0.1) is 0 Å². The van der Waals surface area contributed by atoms with E-state index in [2.05, 4.69) is 25.7 Å². The Balaban J connectivity index is 1.44. The Morgan fingerprint density at radius 3 is 2.86 bits per heavy atom. The van der Waals surface area contributed by atoms with Gasteiger partial charge in [-0.3, -0.25) is 4.79 Å². The Kier molecular flexibility index (Phi) is 4.39.